The molecule has 0 aliphatic carbocycles. The molecule has 23 heavy (non-hydrogen) atoms. The number of unbranched alkanes of at least 4 members (excludes halogenated alkanes) is 2. The van der Waals surface area contributed by atoms with E-state index in [1.54, 1.807) is 37.3 Å². The van der Waals surface area contributed by atoms with Crippen LogP contribution in [0.15, 0.2) is 34.9 Å². The van der Waals surface area contributed by atoms with Crippen molar-refractivity contribution >= 4 is 17.6 Å². The van der Waals surface area contributed by atoms with Crippen LogP contribution in [0.5, 0.6) is 0 Å². The molecule has 1 aromatic heterocycles. The van der Waals surface area contributed by atoms with E-state index in [1.807, 2.05) is 0 Å². The maximum Gasteiger partial charge on any atom is 0.256 e. The number of anilines is 1. The Hall–Kier alpha value is -2.63. The highest BCUT2D eigenvalue weighted by Gasteiger charge is 2.12. The monoisotopic (exact) mass is 315 g/mol. The Kier molecular flexibility index (Phi) is 5.91. The van der Waals surface area contributed by atoms with Gasteiger partial charge in [-0.2, -0.15) is 0 Å². The van der Waals surface area contributed by atoms with E-state index in [9.17, 15) is 9.59 Å². The Bertz CT molecular complexity index is 679. The van der Waals surface area contributed by atoms with Crippen molar-refractivity contribution in [2.24, 2.45) is 0 Å². The Balaban J connectivity index is 1.98. The first kappa shape index (κ1) is 16.7. The average Bonchev–Trinajstić information content (AvgIpc) is 2.96. The quantitative estimate of drug-likeness (QED) is 0.769. The molecule has 0 saturated heterocycles. The zero-order valence-electron chi connectivity index (χ0n) is 13.4. The molecule has 0 radical (unpaired) electrons. The van der Waals surface area contributed by atoms with Gasteiger partial charge in [-0.05, 0) is 31.5 Å². The number of hydrogen-bond donors (Lipinski definition) is 2. The lowest BCUT2D eigenvalue weighted by atomic mass is 10.1. The van der Waals surface area contributed by atoms with Crippen molar-refractivity contribution in [3.8, 4) is 0 Å². The van der Waals surface area contributed by atoms with Gasteiger partial charge in [-0.1, -0.05) is 31.0 Å². The normalized spacial score (nSPS) is 10.3. The zero-order valence-corrected chi connectivity index (χ0v) is 13.4. The van der Waals surface area contributed by atoms with Crippen LogP contribution in [-0.2, 0) is 0 Å². The minimum absolute atomic E-state index is 0.173. The summed E-state index contributed by atoms with van der Waals surface area (Å²) in [5.41, 5.74) is 0.859. The molecule has 2 rings (SSSR count). The lowest BCUT2D eigenvalue weighted by Gasteiger charge is -2.06. The molecule has 0 bridgehead atoms. The molecule has 1 aromatic carbocycles. The highest BCUT2D eigenvalue weighted by atomic mass is 16.5. The molecule has 0 aliphatic rings. The molecule has 2 N–H and O–H groups in total. The van der Waals surface area contributed by atoms with E-state index in [-0.39, 0.29) is 11.8 Å². The number of nitrogens with one attached hydrogen (secondary N) is 2. The predicted octanol–water partition coefficient (Wildman–Crippen LogP) is 3.16. The molecule has 0 atom stereocenters. The van der Waals surface area contributed by atoms with Gasteiger partial charge in [0.05, 0.1) is 0 Å². The molecular weight excluding hydrogens is 294 g/mol. The van der Waals surface area contributed by atoms with Crippen LogP contribution in [0.25, 0.3) is 0 Å². The van der Waals surface area contributed by atoms with Gasteiger partial charge in [0, 0.05) is 23.7 Å². The molecule has 0 saturated carbocycles. The van der Waals surface area contributed by atoms with Crippen molar-refractivity contribution < 1.29 is 14.1 Å². The summed E-state index contributed by atoms with van der Waals surface area (Å²) >= 11 is 0. The minimum atomic E-state index is -0.334. The van der Waals surface area contributed by atoms with Crippen LogP contribution in [0.2, 0.25) is 0 Å². The van der Waals surface area contributed by atoms with Crippen LogP contribution in [0.3, 0.4) is 0 Å². The Morgan fingerprint density at radius 1 is 1.13 bits per heavy atom. The van der Waals surface area contributed by atoms with E-state index in [4.69, 9.17) is 4.52 Å². The second kappa shape index (κ2) is 8.12. The maximum atomic E-state index is 12.2. The number of amides is 2. The first-order valence-electron chi connectivity index (χ1n) is 7.73. The van der Waals surface area contributed by atoms with Crippen LogP contribution in [-0.4, -0.2) is 23.5 Å². The number of hydrogen-bond acceptors (Lipinski definition) is 4. The summed E-state index contributed by atoms with van der Waals surface area (Å²) in [7, 11) is 0. The maximum absolute atomic E-state index is 12.2. The average molecular weight is 315 g/mol. The number of aromatic nitrogens is 1. The highest BCUT2D eigenvalue weighted by molar-refractivity contribution is 6.05. The minimum Gasteiger partial charge on any atom is -0.360 e. The van der Waals surface area contributed by atoms with Crippen molar-refractivity contribution in [3.63, 3.8) is 0 Å². The Labute approximate surface area is 135 Å². The van der Waals surface area contributed by atoms with Crippen molar-refractivity contribution in [2.45, 2.75) is 33.1 Å². The fourth-order valence-electron chi connectivity index (χ4n) is 2.09. The number of aryl methyl sites for hydroxylation is 1. The predicted molar refractivity (Wildman–Crippen MR) is 87.5 cm³/mol. The molecule has 6 heteroatoms. The molecular formula is C17H21N3O3. The standard InChI is InChI=1S/C17H21N3O3/c1-3-4-5-9-18-16(21)13-7-6-8-14(11-13)17(22)19-15-10-12(2)23-20-15/h6-8,10-11H,3-5,9H2,1-2H3,(H,18,21)(H,19,20,22). The molecule has 0 unspecified atom stereocenters. The smallest absolute Gasteiger partial charge is 0.256 e. The van der Waals surface area contributed by atoms with Crippen LogP contribution in [0.4, 0.5) is 5.82 Å². The van der Waals surface area contributed by atoms with Gasteiger partial charge in [-0.3, -0.25) is 9.59 Å². The van der Waals surface area contributed by atoms with Gasteiger partial charge in [0.1, 0.15) is 5.76 Å². The third-order valence-corrected chi connectivity index (χ3v) is 3.32. The van der Waals surface area contributed by atoms with Crippen molar-refractivity contribution in [1.82, 2.24) is 10.5 Å². The first-order valence-corrected chi connectivity index (χ1v) is 7.73. The lowest BCUT2D eigenvalue weighted by Crippen LogP contribution is -2.24. The molecule has 1 heterocycles. The van der Waals surface area contributed by atoms with Crippen LogP contribution < -0.4 is 10.6 Å². The summed E-state index contributed by atoms with van der Waals surface area (Å²) in [6.07, 6.45) is 3.14. The SMILES string of the molecule is CCCCCNC(=O)c1cccc(C(=O)Nc2cc(C)on2)c1. The van der Waals surface area contributed by atoms with E-state index >= 15 is 0 Å². The van der Waals surface area contributed by atoms with Crippen LogP contribution in [0, 0.1) is 6.92 Å². The van der Waals surface area contributed by atoms with Gasteiger partial charge in [-0.15, -0.1) is 0 Å². The van der Waals surface area contributed by atoms with Gasteiger partial charge < -0.3 is 15.2 Å². The van der Waals surface area contributed by atoms with Crippen molar-refractivity contribution in [3.05, 3.63) is 47.2 Å². The molecule has 0 spiro atoms. The van der Waals surface area contributed by atoms with E-state index in [0.717, 1.165) is 19.3 Å². The van der Waals surface area contributed by atoms with Gasteiger partial charge in [0.25, 0.3) is 11.8 Å². The molecule has 0 aliphatic heterocycles. The third kappa shape index (κ3) is 4.95. The van der Waals surface area contributed by atoms with Gasteiger partial charge >= 0.3 is 0 Å². The second-order valence-electron chi connectivity index (χ2n) is 5.32. The summed E-state index contributed by atoms with van der Waals surface area (Å²) in [6.45, 7) is 4.49. The Morgan fingerprint density at radius 2 is 1.87 bits per heavy atom. The van der Waals surface area contributed by atoms with Gasteiger partial charge in [-0.25, -0.2) is 0 Å². The largest absolute Gasteiger partial charge is 0.360 e. The number of rotatable bonds is 7. The molecule has 0 fully saturated rings. The zero-order chi connectivity index (χ0) is 16.7. The fraction of sp³-hybridized carbons (Fsp3) is 0.353. The number of carbonyl (C=O) groups is 2. The number of carbonyl (C=O) groups excluding carboxylic acids is 2. The summed E-state index contributed by atoms with van der Waals surface area (Å²) in [6, 6.07) is 8.21. The first-order chi connectivity index (χ1) is 11.1. The van der Waals surface area contributed by atoms with Crippen molar-refractivity contribution in [1.29, 1.82) is 0 Å². The number of nitrogens with zero attached hydrogens (tertiary/aromatic N) is 1. The lowest BCUT2D eigenvalue weighted by molar-refractivity contribution is 0.0953. The molecule has 2 amide bonds. The van der Waals surface area contributed by atoms with Crippen molar-refractivity contribution in [2.75, 3.05) is 11.9 Å². The molecule has 122 valence electrons. The summed E-state index contributed by atoms with van der Waals surface area (Å²) < 4.78 is 4.90. The van der Waals surface area contributed by atoms with Gasteiger partial charge in [0.2, 0.25) is 0 Å². The summed E-state index contributed by atoms with van der Waals surface area (Å²) in [5, 5.41) is 9.20. The van der Waals surface area contributed by atoms with Crippen LogP contribution in [0.1, 0.15) is 52.7 Å². The highest BCUT2D eigenvalue weighted by Crippen LogP contribution is 2.11. The summed E-state index contributed by atoms with van der Waals surface area (Å²) in [5.74, 6) is 0.453. The van der Waals surface area contributed by atoms with E-state index < -0.39 is 0 Å². The number of benzene rings is 1. The van der Waals surface area contributed by atoms with Gasteiger partial charge in [0.15, 0.2) is 5.82 Å². The molecule has 6 nitrogen and oxygen atoms in total. The Morgan fingerprint density at radius 3 is 2.52 bits per heavy atom. The topological polar surface area (TPSA) is 84.2 Å². The summed E-state index contributed by atoms with van der Waals surface area (Å²) in [4.78, 5) is 24.2. The van der Waals surface area contributed by atoms with Crippen LogP contribution >= 0.6 is 0 Å². The second-order valence-corrected chi connectivity index (χ2v) is 5.32. The van der Waals surface area contributed by atoms with E-state index in [1.165, 1.54) is 0 Å². The molecule has 2 aromatic rings. The fourth-order valence-corrected chi connectivity index (χ4v) is 2.09. The third-order valence-electron chi connectivity index (χ3n) is 3.32. The van der Waals surface area contributed by atoms with E-state index in [2.05, 4.69) is 22.7 Å². The van der Waals surface area contributed by atoms with E-state index in [0.29, 0.717) is 29.2 Å².